The summed E-state index contributed by atoms with van der Waals surface area (Å²) >= 11 is 0. The maximum Gasteiger partial charge on any atom is 0.146 e. The van der Waals surface area contributed by atoms with Gasteiger partial charge in [-0.3, -0.25) is 0 Å². The van der Waals surface area contributed by atoms with Crippen LogP contribution in [0.5, 0.6) is 0 Å². The highest BCUT2D eigenvalue weighted by molar-refractivity contribution is 5.05. The van der Waals surface area contributed by atoms with Crippen LogP contribution in [0.2, 0.25) is 0 Å². The third kappa shape index (κ3) is 1.45. The summed E-state index contributed by atoms with van der Waals surface area (Å²) in [6, 6.07) is 0. The summed E-state index contributed by atoms with van der Waals surface area (Å²) in [6.07, 6.45) is 0.136. The molecule has 0 bridgehead atoms. The SMILES string of the molecule is C#CC1O[C@@H](C)[C@@H](O)[C@@H](O)[C@H]1O. The van der Waals surface area contributed by atoms with E-state index >= 15 is 0 Å². The molecule has 1 fully saturated rings. The molecule has 1 aliphatic heterocycles. The summed E-state index contributed by atoms with van der Waals surface area (Å²) in [6.45, 7) is 1.59. The van der Waals surface area contributed by atoms with E-state index in [1.54, 1.807) is 6.92 Å². The molecular weight excluding hydrogens is 160 g/mol. The van der Waals surface area contributed by atoms with Crippen molar-refractivity contribution in [2.75, 3.05) is 0 Å². The standard InChI is InChI=1S/C8H12O4/c1-3-5-7(10)8(11)6(9)4(2)12-5/h1,4-11H,2H3/t4-,5?,6+,7-,8+/m0/s1. The minimum atomic E-state index is -1.23. The van der Waals surface area contributed by atoms with Gasteiger partial charge >= 0.3 is 0 Å². The van der Waals surface area contributed by atoms with E-state index in [1.807, 2.05) is 0 Å². The summed E-state index contributed by atoms with van der Waals surface area (Å²) in [4.78, 5) is 0. The zero-order chi connectivity index (χ0) is 9.30. The number of hydrogen-bond acceptors (Lipinski definition) is 4. The van der Waals surface area contributed by atoms with Crippen LogP contribution >= 0.6 is 0 Å². The number of aliphatic hydroxyl groups excluding tert-OH is 3. The van der Waals surface area contributed by atoms with Crippen molar-refractivity contribution in [2.24, 2.45) is 0 Å². The van der Waals surface area contributed by atoms with Crippen LogP contribution in [0.15, 0.2) is 0 Å². The first-order valence-corrected chi connectivity index (χ1v) is 3.73. The van der Waals surface area contributed by atoms with Crippen LogP contribution in [0.3, 0.4) is 0 Å². The molecule has 0 radical (unpaired) electrons. The number of terminal acetylenes is 1. The fraction of sp³-hybridized carbons (Fsp3) is 0.750. The van der Waals surface area contributed by atoms with Crippen molar-refractivity contribution in [1.82, 2.24) is 0 Å². The summed E-state index contributed by atoms with van der Waals surface area (Å²) in [7, 11) is 0. The van der Waals surface area contributed by atoms with Gasteiger partial charge in [0.15, 0.2) is 0 Å². The van der Waals surface area contributed by atoms with Gasteiger partial charge in [-0.1, -0.05) is 5.92 Å². The molecule has 0 aromatic rings. The first-order chi connectivity index (χ1) is 5.57. The molecule has 1 rings (SSSR count). The molecule has 1 unspecified atom stereocenters. The molecule has 0 saturated carbocycles. The molecule has 3 N–H and O–H groups in total. The molecule has 0 aliphatic carbocycles. The minimum Gasteiger partial charge on any atom is -0.388 e. The molecule has 1 saturated heterocycles. The number of rotatable bonds is 0. The third-order valence-corrected chi connectivity index (χ3v) is 2.02. The molecule has 0 amide bonds. The molecule has 0 aromatic carbocycles. The fourth-order valence-corrected chi connectivity index (χ4v) is 1.19. The molecule has 5 atom stereocenters. The Morgan fingerprint density at radius 2 is 1.75 bits per heavy atom. The molecule has 4 nitrogen and oxygen atoms in total. The van der Waals surface area contributed by atoms with Crippen molar-refractivity contribution in [3.8, 4) is 12.3 Å². The van der Waals surface area contributed by atoms with Gasteiger partial charge in [-0.05, 0) is 6.92 Å². The lowest BCUT2D eigenvalue weighted by atomic mass is 9.96. The van der Waals surface area contributed by atoms with Crippen molar-refractivity contribution in [3.63, 3.8) is 0 Å². The normalized spacial score (nSPS) is 48.4. The van der Waals surface area contributed by atoms with Crippen molar-refractivity contribution in [3.05, 3.63) is 0 Å². The van der Waals surface area contributed by atoms with Crippen LogP contribution < -0.4 is 0 Å². The Bertz CT molecular complexity index is 198. The van der Waals surface area contributed by atoms with Gasteiger partial charge in [-0.15, -0.1) is 6.42 Å². The lowest BCUT2D eigenvalue weighted by Gasteiger charge is -2.37. The average molecular weight is 172 g/mol. The summed E-state index contributed by atoms with van der Waals surface area (Å²) in [5.74, 6) is 2.19. The molecule has 0 aromatic heterocycles. The first kappa shape index (κ1) is 9.49. The summed E-state index contributed by atoms with van der Waals surface area (Å²) in [5, 5.41) is 27.7. The van der Waals surface area contributed by atoms with E-state index < -0.39 is 30.5 Å². The molecular formula is C8H12O4. The second-order valence-electron chi connectivity index (χ2n) is 2.90. The second-order valence-corrected chi connectivity index (χ2v) is 2.90. The molecule has 1 heterocycles. The second kappa shape index (κ2) is 3.42. The summed E-state index contributed by atoms with van der Waals surface area (Å²) < 4.78 is 5.03. The van der Waals surface area contributed by atoms with Crippen molar-refractivity contribution in [1.29, 1.82) is 0 Å². The lowest BCUT2D eigenvalue weighted by molar-refractivity contribution is -0.201. The quantitative estimate of drug-likeness (QED) is 0.388. The maximum atomic E-state index is 9.25. The zero-order valence-electron chi connectivity index (χ0n) is 6.71. The number of aliphatic hydroxyl groups is 3. The van der Waals surface area contributed by atoms with E-state index in [-0.39, 0.29) is 0 Å². The minimum absolute atomic E-state index is 0.551. The van der Waals surface area contributed by atoms with E-state index in [9.17, 15) is 15.3 Å². The highest BCUT2D eigenvalue weighted by atomic mass is 16.5. The van der Waals surface area contributed by atoms with E-state index in [0.29, 0.717) is 0 Å². The Labute approximate surface area is 70.8 Å². The van der Waals surface area contributed by atoms with Gasteiger partial charge in [0.05, 0.1) is 6.10 Å². The lowest BCUT2D eigenvalue weighted by Crippen LogP contribution is -2.56. The Kier molecular flexibility index (Phi) is 2.70. The molecule has 0 spiro atoms. The smallest absolute Gasteiger partial charge is 0.146 e. The Morgan fingerprint density at radius 3 is 2.25 bits per heavy atom. The highest BCUT2D eigenvalue weighted by Gasteiger charge is 2.40. The monoisotopic (exact) mass is 172 g/mol. The van der Waals surface area contributed by atoms with Crippen LogP contribution in [-0.2, 0) is 4.74 Å². The number of hydrogen-bond donors (Lipinski definition) is 3. The Hall–Kier alpha value is -0.600. The van der Waals surface area contributed by atoms with Crippen LogP contribution in [0.1, 0.15) is 6.92 Å². The number of ether oxygens (including phenoxy) is 1. The maximum absolute atomic E-state index is 9.25. The third-order valence-electron chi connectivity index (χ3n) is 2.02. The van der Waals surface area contributed by atoms with Crippen molar-refractivity contribution in [2.45, 2.75) is 37.4 Å². The van der Waals surface area contributed by atoms with Gasteiger partial charge in [-0.25, -0.2) is 0 Å². The Balaban J connectivity index is 2.72. The van der Waals surface area contributed by atoms with Crippen molar-refractivity contribution >= 4 is 0 Å². The molecule has 4 heteroatoms. The molecule has 1 aliphatic rings. The molecule has 68 valence electrons. The topological polar surface area (TPSA) is 69.9 Å². The van der Waals surface area contributed by atoms with Crippen molar-refractivity contribution < 1.29 is 20.1 Å². The predicted octanol–water partition coefficient (Wildman–Crippen LogP) is -1.51. The average Bonchev–Trinajstić information content (AvgIpc) is 2.08. The van der Waals surface area contributed by atoms with Crippen LogP contribution in [-0.4, -0.2) is 45.8 Å². The van der Waals surface area contributed by atoms with E-state index in [4.69, 9.17) is 11.2 Å². The van der Waals surface area contributed by atoms with Gasteiger partial charge in [0.2, 0.25) is 0 Å². The summed E-state index contributed by atoms with van der Waals surface area (Å²) in [5.41, 5.74) is 0. The zero-order valence-corrected chi connectivity index (χ0v) is 6.71. The Morgan fingerprint density at radius 1 is 1.17 bits per heavy atom. The largest absolute Gasteiger partial charge is 0.388 e. The first-order valence-electron chi connectivity index (χ1n) is 3.73. The highest BCUT2D eigenvalue weighted by Crippen LogP contribution is 2.19. The van der Waals surface area contributed by atoms with Crippen LogP contribution in [0.4, 0.5) is 0 Å². The van der Waals surface area contributed by atoms with Crippen LogP contribution in [0, 0.1) is 12.3 Å². The van der Waals surface area contributed by atoms with Gasteiger partial charge in [0.1, 0.15) is 24.4 Å². The van der Waals surface area contributed by atoms with Gasteiger partial charge < -0.3 is 20.1 Å². The molecule has 12 heavy (non-hydrogen) atoms. The van der Waals surface area contributed by atoms with Gasteiger partial charge in [0.25, 0.3) is 0 Å². The van der Waals surface area contributed by atoms with Gasteiger partial charge in [0, 0.05) is 0 Å². The van der Waals surface area contributed by atoms with E-state index in [2.05, 4.69) is 5.92 Å². The van der Waals surface area contributed by atoms with Gasteiger partial charge in [-0.2, -0.15) is 0 Å². The fourth-order valence-electron chi connectivity index (χ4n) is 1.19. The van der Waals surface area contributed by atoms with E-state index in [1.165, 1.54) is 0 Å². The predicted molar refractivity (Wildman–Crippen MR) is 41.2 cm³/mol. The van der Waals surface area contributed by atoms with Crippen LogP contribution in [0.25, 0.3) is 0 Å². The van der Waals surface area contributed by atoms with E-state index in [0.717, 1.165) is 0 Å².